The van der Waals surface area contributed by atoms with Crippen molar-refractivity contribution in [3.05, 3.63) is 41.0 Å². The van der Waals surface area contributed by atoms with Crippen LogP contribution in [0.15, 0.2) is 24.3 Å². The number of carbonyl (C=O) groups excluding carboxylic acids is 4. The van der Waals surface area contributed by atoms with Crippen LogP contribution in [-0.4, -0.2) is 94.1 Å². The van der Waals surface area contributed by atoms with Crippen LogP contribution in [0.2, 0.25) is 0 Å². The SMILES string of the molecule is CC(=O)OCC1OC(OC(=N)C(Cc2ccc(C=CCCOS(C)(=O)=O)cc2C)C(=N)C(C)C)C(OC(C)=O)C(OC(C)=O)C1OC(C)=O. The molecule has 1 saturated heterocycles. The van der Waals surface area contributed by atoms with Crippen molar-refractivity contribution in [2.75, 3.05) is 19.5 Å². The molecular formula is C33H46N2O13S. The Balaban J connectivity index is 2.42. The summed E-state index contributed by atoms with van der Waals surface area (Å²) in [5, 5.41) is 17.8. The highest BCUT2D eigenvalue weighted by atomic mass is 32.2. The third-order valence-electron chi connectivity index (χ3n) is 7.19. The van der Waals surface area contributed by atoms with Crippen molar-refractivity contribution in [2.45, 2.75) is 92.0 Å². The molecule has 15 nitrogen and oxygen atoms in total. The van der Waals surface area contributed by atoms with E-state index in [0.29, 0.717) is 6.42 Å². The summed E-state index contributed by atoms with van der Waals surface area (Å²) in [5.74, 6) is -4.68. The van der Waals surface area contributed by atoms with Gasteiger partial charge in [-0.05, 0) is 42.4 Å². The summed E-state index contributed by atoms with van der Waals surface area (Å²) >= 11 is 0. The molecule has 1 fully saturated rings. The average Bonchev–Trinajstić information content (AvgIpc) is 2.96. The molecule has 0 bridgehead atoms. The molecule has 0 radical (unpaired) electrons. The first-order chi connectivity index (χ1) is 22.8. The lowest BCUT2D eigenvalue weighted by molar-refractivity contribution is -0.292. The molecule has 0 spiro atoms. The largest absolute Gasteiger partial charge is 0.463 e. The molecular weight excluding hydrogens is 664 g/mol. The summed E-state index contributed by atoms with van der Waals surface area (Å²) in [6.07, 6.45) is -2.08. The quantitative estimate of drug-likeness (QED) is 0.0630. The van der Waals surface area contributed by atoms with Crippen molar-refractivity contribution < 1.29 is 60.2 Å². The highest BCUT2D eigenvalue weighted by molar-refractivity contribution is 7.85. The van der Waals surface area contributed by atoms with Crippen LogP contribution in [-0.2, 0) is 68.3 Å². The summed E-state index contributed by atoms with van der Waals surface area (Å²) in [7, 11) is -3.52. The van der Waals surface area contributed by atoms with E-state index in [1.165, 1.54) is 0 Å². The lowest BCUT2D eigenvalue weighted by atomic mass is 9.86. The second-order valence-electron chi connectivity index (χ2n) is 11.8. The van der Waals surface area contributed by atoms with Gasteiger partial charge < -0.3 is 33.8 Å². The van der Waals surface area contributed by atoms with Crippen LogP contribution in [0.25, 0.3) is 6.08 Å². The van der Waals surface area contributed by atoms with Gasteiger partial charge in [0.1, 0.15) is 12.7 Å². The van der Waals surface area contributed by atoms with Crippen molar-refractivity contribution in [1.29, 1.82) is 10.8 Å². The smallest absolute Gasteiger partial charge is 0.303 e. The molecule has 1 aliphatic rings. The lowest BCUT2D eigenvalue weighted by Gasteiger charge is -2.44. The van der Waals surface area contributed by atoms with Crippen LogP contribution in [0, 0.1) is 29.6 Å². The molecule has 16 heteroatoms. The van der Waals surface area contributed by atoms with E-state index in [4.69, 9.17) is 43.4 Å². The fourth-order valence-electron chi connectivity index (χ4n) is 5.00. The van der Waals surface area contributed by atoms with E-state index in [-0.39, 0.29) is 24.7 Å². The zero-order chi connectivity index (χ0) is 37.1. The van der Waals surface area contributed by atoms with Gasteiger partial charge in [-0.15, -0.1) is 0 Å². The van der Waals surface area contributed by atoms with Gasteiger partial charge >= 0.3 is 23.9 Å². The monoisotopic (exact) mass is 710 g/mol. The molecule has 1 aliphatic heterocycles. The lowest BCUT2D eigenvalue weighted by Crippen LogP contribution is -2.63. The van der Waals surface area contributed by atoms with Gasteiger partial charge in [0.05, 0.1) is 18.8 Å². The van der Waals surface area contributed by atoms with Crippen LogP contribution in [0.3, 0.4) is 0 Å². The first-order valence-corrected chi connectivity index (χ1v) is 17.3. The predicted molar refractivity (Wildman–Crippen MR) is 176 cm³/mol. The third kappa shape index (κ3) is 13.7. The molecule has 272 valence electrons. The Morgan fingerprint density at radius 3 is 2.02 bits per heavy atom. The van der Waals surface area contributed by atoms with Gasteiger partial charge in [0.15, 0.2) is 18.1 Å². The second kappa shape index (κ2) is 18.6. The Labute approximate surface area is 286 Å². The number of hydrogen-bond donors (Lipinski definition) is 2. The second-order valence-corrected chi connectivity index (χ2v) is 13.5. The predicted octanol–water partition coefficient (Wildman–Crippen LogP) is 3.29. The number of hydrogen-bond acceptors (Lipinski definition) is 15. The van der Waals surface area contributed by atoms with Crippen LogP contribution in [0.4, 0.5) is 0 Å². The van der Waals surface area contributed by atoms with E-state index in [9.17, 15) is 27.6 Å². The minimum absolute atomic E-state index is 0.0209. The Hall–Kier alpha value is -4.15. The van der Waals surface area contributed by atoms with Crippen LogP contribution in [0.5, 0.6) is 0 Å². The van der Waals surface area contributed by atoms with Crippen molar-refractivity contribution in [3.63, 3.8) is 0 Å². The average molecular weight is 711 g/mol. The third-order valence-corrected chi connectivity index (χ3v) is 7.78. The number of carbonyl (C=O) groups is 4. The maximum Gasteiger partial charge on any atom is 0.303 e. The van der Waals surface area contributed by atoms with E-state index < -0.39 is 83.1 Å². The van der Waals surface area contributed by atoms with Crippen LogP contribution < -0.4 is 0 Å². The van der Waals surface area contributed by atoms with Crippen LogP contribution >= 0.6 is 0 Å². The molecule has 0 amide bonds. The molecule has 1 heterocycles. The van der Waals surface area contributed by atoms with Crippen molar-refractivity contribution in [1.82, 2.24) is 0 Å². The molecule has 49 heavy (non-hydrogen) atoms. The number of nitrogens with one attached hydrogen (secondary N) is 2. The normalized spacial score (nSPS) is 21.4. The van der Waals surface area contributed by atoms with E-state index in [1.807, 2.05) is 31.2 Å². The van der Waals surface area contributed by atoms with Gasteiger partial charge in [0.25, 0.3) is 10.1 Å². The van der Waals surface area contributed by atoms with E-state index in [0.717, 1.165) is 50.6 Å². The van der Waals surface area contributed by atoms with E-state index >= 15 is 0 Å². The first-order valence-electron chi connectivity index (χ1n) is 15.5. The topological polar surface area (TPSA) is 215 Å². The van der Waals surface area contributed by atoms with Gasteiger partial charge in [-0.2, -0.15) is 8.42 Å². The number of rotatable bonds is 16. The maximum atomic E-state index is 12.2. The van der Waals surface area contributed by atoms with Crippen molar-refractivity contribution >= 4 is 51.7 Å². The number of esters is 4. The van der Waals surface area contributed by atoms with Gasteiger partial charge in [-0.25, -0.2) is 0 Å². The standard InChI is InChI=1S/C33H46N2O13S/c1-18(2)28(34)26(16-25-13-12-24(15-19(25)3)11-9-10-14-43-49(8,40)41)32(35)48-33-31(46-23(7)39)30(45-22(6)38)29(44-21(5)37)27(47-33)17-42-20(4)36/h9,11-13,15,18,26-27,29-31,33-35H,10,14,16-17H2,1-8H3. The fraction of sp³-hybridized carbons (Fsp3) is 0.576. The Morgan fingerprint density at radius 2 is 1.49 bits per heavy atom. The Morgan fingerprint density at radius 1 is 0.898 bits per heavy atom. The molecule has 2 N–H and O–H groups in total. The van der Waals surface area contributed by atoms with Gasteiger partial charge in [0.2, 0.25) is 12.4 Å². The van der Waals surface area contributed by atoms with Crippen molar-refractivity contribution in [2.24, 2.45) is 11.8 Å². The van der Waals surface area contributed by atoms with Crippen LogP contribution in [0.1, 0.15) is 64.7 Å². The molecule has 6 unspecified atom stereocenters. The Bertz CT molecular complexity index is 1520. The molecule has 0 aromatic heterocycles. The molecule has 0 saturated carbocycles. The highest BCUT2D eigenvalue weighted by Gasteiger charge is 2.54. The fourth-order valence-corrected chi connectivity index (χ4v) is 5.39. The zero-order valence-electron chi connectivity index (χ0n) is 29.0. The molecule has 6 atom stereocenters. The van der Waals surface area contributed by atoms with Gasteiger partial charge in [-0.3, -0.25) is 28.8 Å². The first kappa shape index (κ1) is 41.0. The number of ether oxygens (including phenoxy) is 6. The minimum Gasteiger partial charge on any atom is -0.463 e. The van der Waals surface area contributed by atoms with Gasteiger partial charge in [-0.1, -0.05) is 44.2 Å². The van der Waals surface area contributed by atoms with E-state index in [1.54, 1.807) is 19.9 Å². The molecule has 2 rings (SSSR count). The molecule has 0 aliphatic carbocycles. The summed E-state index contributed by atoms with van der Waals surface area (Å²) in [6, 6.07) is 5.60. The maximum absolute atomic E-state index is 12.2. The minimum atomic E-state index is -3.52. The van der Waals surface area contributed by atoms with E-state index in [2.05, 4.69) is 0 Å². The van der Waals surface area contributed by atoms with Crippen molar-refractivity contribution in [3.8, 4) is 0 Å². The zero-order valence-corrected chi connectivity index (χ0v) is 29.8. The molecule has 1 aromatic rings. The van der Waals surface area contributed by atoms with Gasteiger partial charge in [0, 0.05) is 33.4 Å². The number of benzene rings is 1. The summed E-state index contributed by atoms with van der Waals surface area (Å²) in [5.41, 5.74) is 2.68. The summed E-state index contributed by atoms with van der Waals surface area (Å²) in [6.45, 7) is 9.49. The summed E-state index contributed by atoms with van der Waals surface area (Å²) < 4.78 is 60.4. The Kier molecular flexibility index (Phi) is 15.5. The highest BCUT2D eigenvalue weighted by Crippen LogP contribution is 2.31. The molecule has 1 aromatic carbocycles. The number of aryl methyl sites for hydroxylation is 1. The summed E-state index contributed by atoms with van der Waals surface area (Å²) in [4.78, 5) is 48.0.